The highest BCUT2D eigenvalue weighted by molar-refractivity contribution is 6.07. The molecule has 0 aliphatic carbocycles. The van der Waals surface area contributed by atoms with E-state index < -0.39 is 35.1 Å². The molecular weight excluding hydrogens is 432 g/mol. The van der Waals surface area contributed by atoms with E-state index in [1.54, 1.807) is 0 Å². The Morgan fingerprint density at radius 2 is 1.00 bits per heavy atom. The molecule has 0 bridgehead atoms. The number of rotatable bonds is 6. The highest BCUT2D eigenvalue weighted by Crippen LogP contribution is 2.37. The Morgan fingerprint density at radius 3 is 1.31 bits per heavy atom. The van der Waals surface area contributed by atoms with Crippen molar-refractivity contribution in [3.8, 4) is 11.5 Å². The van der Waals surface area contributed by atoms with Crippen LogP contribution in [0.3, 0.4) is 0 Å². The molecule has 32 heavy (non-hydrogen) atoms. The summed E-state index contributed by atoms with van der Waals surface area (Å²) in [7, 11) is 2.60. The maximum absolute atomic E-state index is 13.4. The van der Waals surface area contributed by atoms with Crippen LogP contribution in [-0.4, -0.2) is 26.0 Å². The van der Waals surface area contributed by atoms with Gasteiger partial charge in [-0.25, -0.2) is 17.6 Å². The first-order valence-corrected chi connectivity index (χ1v) is 9.02. The number of hydrogen-bond donors (Lipinski definition) is 2. The molecular formula is C22H16F4N2O4. The van der Waals surface area contributed by atoms with E-state index in [2.05, 4.69) is 10.6 Å². The fourth-order valence-corrected chi connectivity index (χ4v) is 2.76. The molecule has 3 rings (SSSR count). The monoisotopic (exact) mass is 448 g/mol. The number of nitrogens with one attached hydrogen (secondary N) is 2. The van der Waals surface area contributed by atoms with Crippen LogP contribution in [0.1, 0.15) is 20.7 Å². The lowest BCUT2D eigenvalue weighted by molar-refractivity contribution is 0.101. The first kappa shape index (κ1) is 22.6. The topological polar surface area (TPSA) is 76.7 Å². The van der Waals surface area contributed by atoms with Crippen molar-refractivity contribution in [1.29, 1.82) is 0 Å². The van der Waals surface area contributed by atoms with Crippen LogP contribution in [0.2, 0.25) is 0 Å². The van der Waals surface area contributed by atoms with E-state index in [4.69, 9.17) is 9.47 Å². The molecule has 0 atom stereocenters. The van der Waals surface area contributed by atoms with E-state index in [0.717, 1.165) is 36.4 Å². The van der Waals surface area contributed by atoms with Gasteiger partial charge in [0.2, 0.25) is 0 Å². The third kappa shape index (κ3) is 4.80. The van der Waals surface area contributed by atoms with E-state index in [1.165, 1.54) is 26.4 Å². The lowest BCUT2D eigenvalue weighted by Gasteiger charge is -2.16. The van der Waals surface area contributed by atoms with Crippen molar-refractivity contribution < 1.29 is 36.6 Å². The van der Waals surface area contributed by atoms with E-state index in [9.17, 15) is 27.2 Å². The quantitative estimate of drug-likeness (QED) is 0.533. The van der Waals surface area contributed by atoms with Gasteiger partial charge in [0.1, 0.15) is 11.5 Å². The zero-order valence-corrected chi connectivity index (χ0v) is 16.8. The van der Waals surface area contributed by atoms with Gasteiger partial charge in [0, 0.05) is 23.3 Å². The van der Waals surface area contributed by atoms with Crippen molar-refractivity contribution in [1.82, 2.24) is 0 Å². The summed E-state index contributed by atoms with van der Waals surface area (Å²) in [6.45, 7) is 0. The minimum absolute atomic E-state index is 0.0994. The van der Waals surface area contributed by atoms with Gasteiger partial charge < -0.3 is 20.1 Å². The first-order chi connectivity index (χ1) is 15.2. The smallest absolute Gasteiger partial charge is 0.255 e. The average Bonchev–Trinajstić information content (AvgIpc) is 2.77. The number of carbonyl (C=O) groups is 2. The molecule has 0 aromatic heterocycles. The van der Waals surface area contributed by atoms with Crippen molar-refractivity contribution in [2.75, 3.05) is 24.9 Å². The Morgan fingerprint density at radius 1 is 0.625 bits per heavy atom. The van der Waals surface area contributed by atoms with Crippen LogP contribution in [0.4, 0.5) is 28.9 Å². The SMILES string of the molecule is COc1cc(NC(=O)c2ccc(F)c(F)c2)c(OC)cc1NC(=O)c1ccc(F)c(F)c1. The van der Waals surface area contributed by atoms with Gasteiger partial charge in [0.05, 0.1) is 25.6 Å². The molecule has 3 aromatic carbocycles. The molecule has 2 amide bonds. The average molecular weight is 448 g/mol. The van der Waals surface area contributed by atoms with Crippen LogP contribution in [0.5, 0.6) is 11.5 Å². The van der Waals surface area contributed by atoms with Crippen molar-refractivity contribution in [2.24, 2.45) is 0 Å². The molecule has 0 spiro atoms. The highest BCUT2D eigenvalue weighted by Gasteiger charge is 2.18. The standard InChI is InChI=1S/C22H16F4N2O4/c1-31-19-9-18(28-22(30)12-4-6-14(24)16(26)8-12)20(32-2)10-17(19)27-21(29)11-3-5-13(23)15(25)7-11/h3-10H,1-2H3,(H,27,29)(H,28,30). The summed E-state index contributed by atoms with van der Waals surface area (Å²) in [6, 6.07) is 7.99. The van der Waals surface area contributed by atoms with Crippen LogP contribution >= 0.6 is 0 Å². The molecule has 6 nitrogen and oxygen atoms in total. The molecule has 0 fully saturated rings. The van der Waals surface area contributed by atoms with Gasteiger partial charge in [-0.3, -0.25) is 9.59 Å². The largest absolute Gasteiger partial charge is 0.494 e. The Bertz CT molecular complexity index is 1110. The normalized spacial score (nSPS) is 10.4. The van der Waals surface area contributed by atoms with Crippen molar-refractivity contribution in [3.63, 3.8) is 0 Å². The number of halogens is 4. The van der Waals surface area contributed by atoms with E-state index >= 15 is 0 Å². The van der Waals surface area contributed by atoms with Crippen LogP contribution in [0.25, 0.3) is 0 Å². The van der Waals surface area contributed by atoms with Crippen LogP contribution < -0.4 is 20.1 Å². The number of carbonyl (C=O) groups excluding carboxylic acids is 2. The predicted octanol–water partition coefficient (Wildman–Crippen LogP) is 4.76. The second-order valence-corrected chi connectivity index (χ2v) is 6.42. The lowest BCUT2D eigenvalue weighted by atomic mass is 10.1. The van der Waals surface area contributed by atoms with Gasteiger partial charge in [-0.2, -0.15) is 0 Å². The Hall–Kier alpha value is -4.08. The number of hydrogen-bond acceptors (Lipinski definition) is 4. The maximum atomic E-state index is 13.4. The van der Waals surface area contributed by atoms with E-state index in [1.807, 2.05) is 0 Å². The molecule has 0 aliphatic rings. The van der Waals surface area contributed by atoms with E-state index in [0.29, 0.717) is 0 Å². The zero-order chi connectivity index (χ0) is 23.4. The molecule has 0 unspecified atom stereocenters. The van der Waals surface area contributed by atoms with Crippen molar-refractivity contribution in [2.45, 2.75) is 0 Å². The van der Waals surface area contributed by atoms with Gasteiger partial charge >= 0.3 is 0 Å². The summed E-state index contributed by atoms with van der Waals surface area (Å²) in [4.78, 5) is 24.8. The molecule has 10 heteroatoms. The summed E-state index contributed by atoms with van der Waals surface area (Å²) in [5.41, 5.74) is -0.0453. The Balaban J connectivity index is 1.88. The van der Waals surface area contributed by atoms with Crippen LogP contribution in [0.15, 0.2) is 48.5 Å². The third-order valence-corrected chi connectivity index (χ3v) is 4.38. The second-order valence-electron chi connectivity index (χ2n) is 6.42. The Kier molecular flexibility index (Phi) is 6.62. The predicted molar refractivity (Wildman–Crippen MR) is 108 cm³/mol. The first-order valence-electron chi connectivity index (χ1n) is 9.02. The fraction of sp³-hybridized carbons (Fsp3) is 0.0909. The van der Waals surface area contributed by atoms with Crippen LogP contribution in [-0.2, 0) is 0 Å². The fourth-order valence-electron chi connectivity index (χ4n) is 2.76. The van der Waals surface area contributed by atoms with Crippen molar-refractivity contribution >= 4 is 23.2 Å². The summed E-state index contributed by atoms with van der Waals surface area (Å²) >= 11 is 0. The minimum atomic E-state index is -1.18. The van der Waals surface area contributed by atoms with E-state index in [-0.39, 0.29) is 34.0 Å². The summed E-state index contributed by atoms with van der Waals surface area (Å²) < 4.78 is 63.5. The van der Waals surface area contributed by atoms with Gasteiger partial charge in [0.25, 0.3) is 11.8 Å². The number of anilines is 2. The molecule has 0 aliphatic heterocycles. The van der Waals surface area contributed by atoms with Gasteiger partial charge in [0.15, 0.2) is 23.3 Å². The summed E-state index contributed by atoms with van der Waals surface area (Å²) in [5, 5.41) is 4.98. The number of amides is 2. The van der Waals surface area contributed by atoms with Gasteiger partial charge in [-0.05, 0) is 36.4 Å². The molecule has 3 aromatic rings. The highest BCUT2D eigenvalue weighted by atomic mass is 19.2. The molecule has 0 saturated carbocycles. The number of ether oxygens (including phenoxy) is 2. The Labute approximate surface area is 179 Å². The summed E-state index contributed by atoms with van der Waals surface area (Å²) in [5.74, 6) is -5.85. The van der Waals surface area contributed by atoms with Gasteiger partial charge in [-0.15, -0.1) is 0 Å². The molecule has 166 valence electrons. The van der Waals surface area contributed by atoms with Crippen LogP contribution in [0, 0.1) is 23.3 Å². The maximum Gasteiger partial charge on any atom is 0.255 e. The molecule has 0 saturated heterocycles. The molecule has 2 N–H and O–H groups in total. The minimum Gasteiger partial charge on any atom is -0.494 e. The van der Waals surface area contributed by atoms with Gasteiger partial charge in [-0.1, -0.05) is 0 Å². The lowest BCUT2D eigenvalue weighted by Crippen LogP contribution is -2.15. The number of benzene rings is 3. The van der Waals surface area contributed by atoms with Crippen molar-refractivity contribution in [3.05, 3.63) is 82.9 Å². The molecule has 0 radical (unpaired) electrons. The third-order valence-electron chi connectivity index (χ3n) is 4.38. The zero-order valence-electron chi connectivity index (χ0n) is 16.8. The second kappa shape index (κ2) is 9.38. The summed E-state index contributed by atoms with van der Waals surface area (Å²) in [6.07, 6.45) is 0. The molecule has 0 heterocycles. The number of methoxy groups -OCH3 is 2.